The van der Waals surface area contributed by atoms with Gasteiger partial charge in [0.1, 0.15) is 5.75 Å². The number of benzene rings is 1. The fraction of sp³-hybridized carbons (Fsp3) is 0.385. The third-order valence-corrected chi connectivity index (χ3v) is 2.52. The molecule has 2 amide bonds. The molecule has 0 aliphatic heterocycles. The minimum atomic E-state index is -0.677. The Labute approximate surface area is 107 Å². The van der Waals surface area contributed by atoms with Crippen molar-refractivity contribution in [3.63, 3.8) is 0 Å². The molecule has 0 aromatic heterocycles. The molecule has 18 heavy (non-hydrogen) atoms. The number of hydrogen-bond acceptors (Lipinski definition) is 3. The first-order valence-electron chi connectivity index (χ1n) is 5.82. The van der Waals surface area contributed by atoms with E-state index in [2.05, 4.69) is 10.6 Å². The average Bonchev–Trinajstić information content (AvgIpc) is 2.38. The summed E-state index contributed by atoms with van der Waals surface area (Å²) in [6.45, 7) is 3.78. The van der Waals surface area contributed by atoms with Crippen molar-refractivity contribution in [3.8, 4) is 5.75 Å². The van der Waals surface area contributed by atoms with Crippen LogP contribution in [0, 0.1) is 0 Å². The molecule has 0 aliphatic rings. The van der Waals surface area contributed by atoms with Gasteiger partial charge in [-0.15, -0.1) is 0 Å². The van der Waals surface area contributed by atoms with Crippen molar-refractivity contribution in [2.45, 2.75) is 26.3 Å². The minimum absolute atomic E-state index is 0.0199. The molecule has 1 aromatic rings. The lowest BCUT2D eigenvalue weighted by molar-refractivity contribution is -0.136. The maximum Gasteiger partial charge on any atom is 0.313 e. The fourth-order valence-electron chi connectivity index (χ4n) is 1.28. The van der Waals surface area contributed by atoms with Crippen LogP contribution in [-0.2, 0) is 9.59 Å². The summed E-state index contributed by atoms with van der Waals surface area (Å²) in [6, 6.07) is 6.81. The van der Waals surface area contributed by atoms with E-state index in [0.29, 0.717) is 11.4 Å². The molecule has 0 saturated heterocycles. The SMILES string of the molecule is CCC(C)NC(=O)C(=O)Nc1cccc(OC)c1. The van der Waals surface area contributed by atoms with E-state index < -0.39 is 11.8 Å². The number of nitrogens with one attached hydrogen (secondary N) is 2. The molecule has 0 radical (unpaired) electrons. The van der Waals surface area contributed by atoms with Gasteiger partial charge in [-0.25, -0.2) is 0 Å². The third kappa shape index (κ3) is 4.08. The van der Waals surface area contributed by atoms with Crippen molar-refractivity contribution >= 4 is 17.5 Å². The molecule has 0 bridgehead atoms. The molecule has 1 unspecified atom stereocenters. The van der Waals surface area contributed by atoms with Crippen LogP contribution >= 0.6 is 0 Å². The summed E-state index contributed by atoms with van der Waals surface area (Å²) in [6.07, 6.45) is 0.776. The lowest BCUT2D eigenvalue weighted by Crippen LogP contribution is -2.40. The zero-order valence-electron chi connectivity index (χ0n) is 10.8. The standard InChI is InChI=1S/C13H18N2O3/c1-4-9(2)14-12(16)13(17)15-10-6-5-7-11(8-10)18-3/h5-9H,4H2,1-3H3,(H,14,16)(H,15,17). The highest BCUT2D eigenvalue weighted by atomic mass is 16.5. The van der Waals surface area contributed by atoms with E-state index in [9.17, 15) is 9.59 Å². The second-order valence-corrected chi connectivity index (χ2v) is 3.97. The second kappa shape index (κ2) is 6.64. The van der Waals surface area contributed by atoms with Gasteiger partial charge in [0.2, 0.25) is 0 Å². The van der Waals surface area contributed by atoms with Crippen LogP contribution in [0.1, 0.15) is 20.3 Å². The first-order chi connectivity index (χ1) is 8.56. The summed E-state index contributed by atoms with van der Waals surface area (Å²) in [7, 11) is 1.54. The van der Waals surface area contributed by atoms with Gasteiger partial charge in [0.15, 0.2) is 0 Å². The van der Waals surface area contributed by atoms with Crippen LogP contribution in [0.5, 0.6) is 5.75 Å². The molecule has 1 aromatic carbocycles. The van der Waals surface area contributed by atoms with Gasteiger partial charge in [0.05, 0.1) is 7.11 Å². The predicted octanol–water partition coefficient (Wildman–Crippen LogP) is 1.55. The van der Waals surface area contributed by atoms with Crippen molar-refractivity contribution in [1.29, 1.82) is 0 Å². The van der Waals surface area contributed by atoms with Gasteiger partial charge in [-0.3, -0.25) is 9.59 Å². The zero-order chi connectivity index (χ0) is 13.5. The fourth-order valence-corrected chi connectivity index (χ4v) is 1.28. The van der Waals surface area contributed by atoms with E-state index in [-0.39, 0.29) is 6.04 Å². The van der Waals surface area contributed by atoms with Gasteiger partial charge in [-0.2, -0.15) is 0 Å². The number of amides is 2. The molecule has 0 spiro atoms. The van der Waals surface area contributed by atoms with Gasteiger partial charge in [0.25, 0.3) is 0 Å². The Morgan fingerprint density at radius 2 is 2.06 bits per heavy atom. The van der Waals surface area contributed by atoms with Gasteiger partial charge < -0.3 is 15.4 Å². The minimum Gasteiger partial charge on any atom is -0.497 e. The summed E-state index contributed by atoms with van der Waals surface area (Å²) in [5.74, 6) is -0.689. The van der Waals surface area contributed by atoms with E-state index in [1.807, 2.05) is 13.8 Å². The maximum atomic E-state index is 11.6. The van der Waals surface area contributed by atoms with Crippen molar-refractivity contribution in [3.05, 3.63) is 24.3 Å². The molecule has 0 heterocycles. The normalized spacial score (nSPS) is 11.5. The third-order valence-electron chi connectivity index (χ3n) is 2.52. The van der Waals surface area contributed by atoms with Crippen LogP contribution in [-0.4, -0.2) is 25.0 Å². The number of anilines is 1. The van der Waals surface area contributed by atoms with Crippen molar-refractivity contribution < 1.29 is 14.3 Å². The topological polar surface area (TPSA) is 67.4 Å². The second-order valence-electron chi connectivity index (χ2n) is 3.97. The van der Waals surface area contributed by atoms with Crippen LogP contribution < -0.4 is 15.4 Å². The molecule has 98 valence electrons. The van der Waals surface area contributed by atoms with Crippen molar-refractivity contribution in [1.82, 2.24) is 5.32 Å². The highest BCUT2D eigenvalue weighted by Gasteiger charge is 2.15. The number of rotatable bonds is 4. The van der Waals surface area contributed by atoms with E-state index in [4.69, 9.17) is 4.74 Å². The van der Waals surface area contributed by atoms with Crippen LogP contribution in [0.4, 0.5) is 5.69 Å². The summed E-state index contributed by atoms with van der Waals surface area (Å²) in [4.78, 5) is 23.1. The van der Waals surface area contributed by atoms with E-state index in [0.717, 1.165) is 6.42 Å². The lowest BCUT2D eigenvalue weighted by atomic mass is 10.2. The zero-order valence-corrected chi connectivity index (χ0v) is 10.8. The Kier molecular flexibility index (Phi) is 5.17. The molecule has 5 heteroatoms. The smallest absolute Gasteiger partial charge is 0.313 e. The largest absolute Gasteiger partial charge is 0.497 e. The first kappa shape index (κ1) is 14.0. The molecular formula is C13H18N2O3. The predicted molar refractivity (Wildman–Crippen MR) is 69.5 cm³/mol. The van der Waals surface area contributed by atoms with Crippen LogP contribution in [0.3, 0.4) is 0 Å². The Morgan fingerprint density at radius 3 is 2.67 bits per heavy atom. The van der Waals surface area contributed by atoms with Gasteiger partial charge >= 0.3 is 11.8 Å². The number of methoxy groups -OCH3 is 1. The van der Waals surface area contributed by atoms with Gasteiger partial charge in [0, 0.05) is 17.8 Å². The Hall–Kier alpha value is -2.04. The Balaban J connectivity index is 2.60. The maximum absolute atomic E-state index is 11.6. The summed E-state index contributed by atoms with van der Waals surface area (Å²) in [5, 5.41) is 5.11. The highest BCUT2D eigenvalue weighted by Crippen LogP contribution is 2.16. The quantitative estimate of drug-likeness (QED) is 0.797. The molecule has 0 aliphatic carbocycles. The number of hydrogen-bond donors (Lipinski definition) is 2. The molecule has 1 rings (SSSR count). The number of carbonyl (C=O) groups is 2. The van der Waals surface area contributed by atoms with Crippen LogP contribution in [0.25, 0.3) is 0 Å². The molecule has 0 fully saturated rings. The van der Waals surface area contributed by atoms with Gasteiger partial charge in [-0.05, 0) is 25.5 Å². The number of ether oxygens (including phenoxy) is 1. The van der Waals surface area contributed by atoms with E-state index in [1.165, 1.54) is 7.11 Å². The monoisotopic (exact) mass is 250 g/mol. The van der Waals surface area contributed by atoms with Crippen molar-refractivity contribution in [2.24, 2.45) is 0 Å². The molecule has 5 nitrogen and oxygen atoms in total. The Bertz CT molecular complexity index is 432. The van der Waals surface area contributed by atoms with Crippen LogP contribution in [0.2, 0.25) is 0 Å². The first-order valence-corrected chi connectivity index (χ1v) is 5.82. The Morgan fingerprint density at radius 1 is 1.33 bits per heavy atom. The van der Waals surface area contributed by atoms with Crippen molar-refractivity contribution in [2.75, 3.05) is 12.4 Å². The van der Waals surface area contributed by atoms with Gasteiger partial charge in [-0.1, -0.05) is 13.0 Å². The highest BCUT2D eigenvalue weighted by molar-refractivity contribution is 6.39. The molecule has 1 atom stereocenters. The van der Waals surface area contributed by atoms with E-state index >= 15 is 0 Å². The summed E-state index contributed by atoms with van der Waals surface area (Å²) < 4.78 is 5.03. The van der Waals surface area contributed by atoms with E-state index in [1.54, 1.807) is 24.3 Å². The number of carbonyl (C=O) groups excluding carboxylic acids is 2. The molecule has 2 N–H and O–H groups in total. The lowest BCUT2D eigenvalue weighted by Gasteiger charge is -2.11. The van der Waals surface area contributed by atoms with Crippen LogP contribution in [0.15, 0.2) is 24.3 Å². The average molecular weight is 250 g/mol. The summed E-state index contributed by atoms with van der Waals surface area (Å²) in [5.41, 5.74) is 0.527. The summed E-state index contributed by atoms with van der Waals surface area (Å²) >= 11 is 0. The molecule has 0 saturated carbocycles. The molecular weight excluding hydrogens is 232 g/mol.